The van der Waals surface area contributed by atoms with Crippen LogP contribution in [0.4, 0.5) is 0 Å². The van der Waals surface area contributed by atoms with E-state index in [0.717, 1.165) is 29.7 Å². The zero-order chi connectivity index (χ0) is 15.1. The van der Waals surface area contributed by atoms with E-state index in [2.05, 4.69) is 30.6 Å². The van der Waals surface area contributed by atoms with Crippen molar-refractivity contribution in [2.75, 3.05) is 32.8 Å². The highest BCUT2D eigenvalue weighted by Gasteiger charge is 2.22. The summed E-state index contributed by atoms with van der Waals surface area (Å²) in [7, 11) is 0. The number of ether oxygens (including phenoxy) is 1. The van der Waals surface area contributed by atoms with Gasteiger partial charge in [-0.05, 0) is 43.0 Å². The van der Waals surface area contributed by atoms with E-state index < -0.39 is 0 Å². The van der Waals surface area contributed by atoms with Crippen LogP contribution in [0.3, 0.4) is 0 Å². The van der Waals surface area contributed by atoms with Gasteiger partial charge in [-0.2, -0.15) is 0 Å². The van der Waals surface area contributed by atoms with Gasteiger partial charge >= 0.3 is 0 Å². The Morgan fingerprint density at radius 1 is 1.33 bits per heavy atom. The first-order valence-electron chi connectivity index (χ1n) is 7.74. The van der Waals surface area contributed by atoms with E-state index in [9.17, 15) is 0 Å². The summed E-state index contributed by atoms with van der Waals surface area (Å²) in [6, 6.07) is 7.72. The fourth-order valence-corrected chi connectivity index (χ4v) is 2.65. The molecule has 3 nitrogen and oxygen atoms in total. The molecule has 2 atom stereocenters. The largest absolute Gasteiger partial charge is 0.492 e. The summed E-state index contributed by atoms with van der Waals surface area (Å²) in [5.74, 6) is 8.00. The standard InChI is InChI=1S/C18H25NO2/c1-15-8-9-19(14-16(15)2)10-12-21-18-7-3-5-17(13-18)6-4-11-20/h3,5,7,13,15-16,20H,8-12,14H2,1-2H3. The molecular formula is C18H25NO2. The van der Waals surface area contributed by atoms with Gasteiger partial charge in [-0.3, -0.25) is 4.90 Å². The fourth-order valence-electron chi connectivity index (χ4n) is 2.65. The van der Waals surface area contributed by atoms with Gasteiger partial charge in [0.05, 0.1) is 0 Å². The lowest BCUT2D eigenvalue weighted by atomic mass is 9.89. The average molecular weight is 287 g/mol. The van der Waals surface area contributed by atoms with Crippen LogP contribution >= 0.6 is 0 Å². The smallest absolute Gasteiger partial charge is 0.120 e. The van der Waals surface area contributed by atoms with Gasteiger partial charge in [-0.1, -0.05) is 31.8 Å². The molecule has 21 heavy (non-hydrogen) atoms. The van der Waals surface area contributed by atoms with Crippen molar-refractivity contribution < 1.29 is 9.84 Å². The maximum absolute atomic E-state index is 8.71. The van der Waals surface area contributed by atoms with Crippen molar-refractivity contribution in [2.24, 2.45) is 11.8 Å². The molecule has 0 aliphatic carbocycles. The number of hydrogen-bond acceptors (Lipinski definition) is 3. The number of hydrogen-bond donors (Lipinski definition) is 1. The second kappa shape index (κ2) is 8.07. The van der Waals surface area contributed by atoms with Crippen molar-refractivity contribution in [3.05, 3.63) is 29.8 Å². The molecule has 1 heterocycles. The zero-order valence-electron chi connectivity index (χ0n) is 13.0. The van der Waals surface area contributed by atoms with Crippen molar-refractivity contribution in [1.82, 2.24) is 4.90 Å². The van der Waals surface area contributed by atoms with Gasteiger partial charge in [-0.15, -0.1) is 0 Å². The van der Waals surface area contributed by atoms with E-state index in [1.165, 1.54) is 19.5 Å². The molecule has 1 aromatic carbocycles. The quantitative estimate of drug-likeness (QED) is 0.863. The Bertz CT molecular complexity index is 503. The van der Waals surface area contributed by atoms with Gasteiger partial charge in [0.1, 0.15) is 19.0 Å². The van der Waals surface area contributed by atoms with E-state index in [4.69, 9.17) is 9.84 Å². The lowest BCUT2D eigenvalue weighted by molar-refractivity contribution is 0.119. The molecule has 0 aromatic heterocycles. The van der Waals surface area contributed by atoms with Crippen molar-refractivity contribution in [1.29, 1.82) is 0 Å². The fraction of sp³-hybridized carbons (Fsp3) is 0.556. The Morgan fingerprint density at radius 2 is 2.19 bits per heavy atom. The molecule has 2 rings (SSSR count). The molecular weight excluding hydrogens is 262 g/mol. The van der Waals surface area contributed by atoms with Gasteiger partial charge in [0.15, 0.2) is 0 Å². The van der Waals surface area contributed by atoms with Crippen molar-refractivity contribution in [3.63, 3.8) is 0 Å². The van der Waals surface area contributed by atoms with Gasteiger partial charge in [0.2, 0.25) is 0 Å². The Morgan fingerprint density at radius 3 is 2.95 bits per heavy atom. The molecule has 1 saturated heterocycles. The van der Waals surface area contributed by atoms with Gasteiger partial charge in [0.25, 0.3) is 0 Å². The molecule has 1 aliphatic rings. The van der Waals surface area contributed by atoms with Crippen LogP contribution in [0.1, 0.15) is 25.8 Å². The SMILES string of the molecule is CC1CCN(CCOc2cccc(C#CCO)c2)CC1C. The molecule has 1 N–H and O–H groups in total. The number of benzene rings is 1. The lowest BCUT2D eigenvalue weighted by Gasteiger charge is -2.35. The predicted octanol–water partition coefficient (Wildman–Crippen LogP) is 2.39. The third-order valence-electron chi connectivity index (χ3n) is 4.24. The molecule has 0 saturated carbocycles. The van der Waals surface area contributed by atoms with Crippen LogP contribution in [-0.4, -0.2) is 42.9 Å². The minimum absolute atomic E-state index is 0.114. The van der Waals surface area contributed by atoms with E-state index in [1.807, 2.05) is 24.3 Å². The van der Waals surface area contributed by atoms with Crippen LogP contribution in [0.25, 0.3) is 0 Å². The number of rotatable bonds is 4. The summed E-state index contributed by atoms with van der Waals surface area (Å²) in [6.07, 6.45) is 1.29. The molecule has 0 spiro atoms. The van der Waals surface area contributed by atoms with Crippen molar-refractivity contribution in [2.45, 2.75) is 20.3 Å². The maximum atomic E-state index is 8.71. The summed E-state index contributed by atoms with van der Waals surface area (Å²) in [6.45, 7) is 8.60. The monoisotopic (exact) mass is 287 g/mol. The summed E-state index contributed by atoms with van der Waals surface area (Å²) in [5, 5.41) is 8.71. The van der Waals surface area contributed by atoms with E-state index in [1.54, 1.807) is 0 Å². The van der Waals surface area contributed by atoms with E-state index in [0.29, 0.717) is 6.61 Å². The van der Waals surface area contributed by atoms with Crippen LogP contribution < -0.4 is 4.74 Å². The molecule has 3 heteroatoms. The molecule has 0 radical (unpaired) electrons. The average Bonchev–Trinajstić information content (AvgIpc) is 2.49. The topological polar surface area (TPSA) is 32.7 Å². The molecule has 1 aromatic rings. The summed E-state index contributed by atoms with van der Waals surface area (Å²) >= 11 is 0. The number of aliphatic hydroxyl groups is 1. The van der Waals surface area contributed by atoms with Crippen LogP contribution in [0.5, 0.6) is 5.75 Å². The van der Waals surface area contributed by atoms with Crippen LogP contribution in [-0.2, 0) is 0 Å². The third kappa shape index (κ3) is 5.08. The molecule has 114 valence electrons. The third-order valence-corrected chi connectivity index (χ3v) is 4.24. The van der Waals surface area contributed by atoms with Crippen LogP contribution in [0, 0.1) is 23.7 Å². The second-order valence-corrected chi connectivity index (χ2v) is 5.88. The Kier molecular flexibility index (Phi) is 6.10. The highest BCUT2D eigenvalue weighted by atomic mass is 16.5. The first-order valence-corrected chi connectivity index (χ1v) is 7.74. The predicted molar refractivity (Wildman–Crippen MR) is 85.3 cm³/mol. The van der Waals surface area contributed by atoms with E-state index >= 15 is 0 Å². The minimum Gasteiger partial charge on any atom is -0.492 e. The zero-order valence-corrected chi connectivity index (χ0v) is 13.0. The highest BCUT2D eigenvalue weighted by molar-refractivity contribution is 5.39. The number of aliphatic hydroxyl groups excluding tert-OH is 1. The van der Waals surface area contributed by atoms with Crippen molar-refractivity contribution >= 4 is 0 Å². The lowest BCUT2D eigenvalue weighted by Crippen LogP contribution is -2.40. The molecule has 0 bridgehead atoms. The normalized spacial score (nSPS) is 22.4. The molecule has 1 aliphatic heterocycles. The highest BCUT2D eigenvalue weighted by Crippen LogP contribution is 2.22. The molecule has 0 amide bonds. The van der Waals surface area contributed by atoms with Gasteiger partial charge in [0, 0.05) is 18.7 Å². The molecule has 1 fully saturated rings. The Balaban J connectivity index is 1.78. The number of nitrogens with zero attached hydrogens (tertiary/aromatic N) is 1. The van der Waals surface area contributed by atoms with Gasteiger partial charge in [-0.25, -0.2) is 0 Å². The van der Waals surface area contributed by atoms with Crippen LogP contribution in [0.15, 0.2) is 24.3 Å². The number of likely N-dealkylation sites (tertiary alicyclic amines) is 1. The summed E-state index contributed by atoms with van der Waals surface area (Å²) in [4.78, 5) is 2.49. The second-order valence-electron chi connectivity index (χ2n) is 5.88. The first-order chi connectivity index (χ1) is 10.2. The first kappa shape index (κ1) is 15.9. The van der Waals surface area contributed by atoms with Gasteiger partial charge < -0.3 is 9.84 Å². The Hall–Kier alpha value is -1.50. The van der Waals surface area contributed by atoms with Crippen molar-refractivity contribution in [3.8, 4) is 17.6 Å². The maximum Gasteiger partial charge on any atom is 0.120 e. The van der Waals surface area contributed by atoms with Crippen LogP contribution in [0.2, 0.25) is 0 Å². The summed E-state index contributed by atoms with van der Waals surface area (Å²) < 4.78 is 5.82. The summed E-state index contributed by atoms with van der Waals surface area (Å²) in [5.41, 5.74) is 0.877. The minimum atomic E-state index is -0.114. The van der Waals surface area contributed by atoms with E-state index in [-0.39, 0.29) is 6.61 Å². The Labute approximate surface area is 127 Å². The number of piperidine rings is 1. The molecule has 2 unspecified atom stereocenters.